The molecule has 5 nitrogen and oxygen atoms in total. The van der Waals surface area contributed by atoms with Crippen LogP contribution in [0.15, 0.2) is 36.4 Å². The standard InChI is InChI=1S/C23H21F2NO4.Na/c1-12-8-21(30-11-22(28)29)14(3)13(2)17(12)10-16-5-7-20(27)23(26-16)15-4-6-18(24)19(25)9-15;/h4-9,27H,10-11H2,1-3H3,(H,28,29);/q;+1/p-1. The Labute approximate surface area is 201 Å². The van der Waals surface area contributed by atoms with E-state index in [-0.39, 0.29) is 46.6 Å². The second kappa shape index (κ2) is 10.2. The van der Waals surface area contributed by atoms with Gasteiger partial charge in [-0.3, -0.25) is 0 Å². The molecule has 156 valence electrons. The van der Waals surface area contributed by atoms with Gasteiger partial charge in [0.05, 0.1) is 5.97 Å². The fraction of sp³-hybridized carbons (Fsp3) is 0.217. The zero-order valence-electron chi connectivity index (χ0n) is 17.8. The van der Waals surface area contributed by atoms with E-state index in [9.17, 15) is 23.8 Å². The molecular formula is C23H20F2NNaO4. The monoisotopic (exact) mass is 435 g/mol. The second-order valence-electron chi connectivity index (χ2n) is 7.06. The second-order valence-corrected chi connectivity index (χ2v) is 7.06. The van der Waals surface area contributed by atoms with Crippen LogP contribution in [0.5, 0.6) is 11.5 Å². The van der Waals surface area contributed by atoms with Gasteiger partial charge in [0.25, 0.3) is 0 Å². The number of carbonyl (C=O) groups is 1. The number of halogens is 2. The number of aromatic nitrogens is 1. The zero-order valence-corrected chi connectivity index (χ0v) is 19.8. The predicted octanol–water partition coefficient (Wildman–Crippen LogP) is 0.381. The van der Waals surface area contributed by atoms with Crippen molar-refractivity contribution in [1.82, 2.24) is 4.98 Å². The Kier molecular flexibility index (Phi) is 8.17. The maximum Gasteiger partial charge on any atom is 1.00 e. The Balaban J connectivity index is 0.00000341. The molecule has 3 aromatic rings. The van der Waals surface area contributed by atoms with E-state index in [4.69, 9.17) is 4.74 Å². The number of carboxylic acids is 1. The van der Waals surface area contributed by atoms with Crippen LogP contribution in [0.2, 0.25) is 0 Å². The minimum Gasteiger partial charge on any atom is -0.546 e. The van der Waals surface area contributed by atoms with E-state index in [1.807, 2.05) is 20.8 Å². The number of aromatic hydroxyl groups is 1. The summed E-state index contributed by atoms with van der Waals surface area (Å²) in [5.41, 5.74) is 4.64. The van der Waals surface area contributed by atoms with E-state index in [1.165, 1.54) is 12.1 Å². The summed E-state index contributed by atoms with van der Waals surface area (Å²) in [5, 5.41) is 20.8. The molecule has 1 aromatic heterocycles. The number of rotatable bonds is 6. The average molecular weight is 435 g/mol. The van der Waals surface area contributed by atoms with Crippen LogP contribution in [0.3, 0.4) is 0 Å². The number of carbonyl (C=O) groups excluding carboxylic acids is 1. The molecule has 8 heteroatoms. The van der Waals surface area contributed by atoms with Crippen molar-refractivity contribution in [2.45, 2.75) is 27.2 Å². The third-order valence-electron chi connectivity index (χ3n) is 5.04. The SMILES string of the molecule is Cc1cc(OCC(=O)[O-])c(C)c(C)c1Cc1ccc(O)c(-c2ccc(F)c(F)c2)n1.[Na+]. The van der Waals surface area contributed by atoms with Crippen molar-refractivity contribution in [1.29, 1.82) is 0 Å². The minimum absolute atomic E-state index is 0. The van der Waals surface area contributed by atoms with Gasteiger partial charge in [0.2, 0.25) is 0 Å². The smallest absolute Gasteiger partial charge is 0.546 e. The Morgan fingerprint density at radius 2 is 1.77 bits per heavy atom. The first kappa shape index (κ1) is 24.8. The van der Waals surface area contributed by atoms with Gasteiger partial charge in [0.15, 0.2) is 11.6 Å². The Bertz CT molecular complexity index is 1140. The van der Waals surface area contributed by atoms with Crippen molar-refractivity contribution >= 4 is 5.97 Å². The van der Waals surface area contributed by atoms with E-state index in [2.05, 4.69) is 4.98 Å². The van der Waals surface area contributed by atoms with Crippen LogP contribution in [0.25, 0.3) is 11.3 Å². The molecule has 3 rings (SSSR count). The fourth-order valence-corrected chi connectivity index (χ4v) is 3.29. The van der Waals surface area contributed by atoms with E-state index in [1.54, 1.807) is 12.1 Å². The Morgan fingerprint density at radius 3 is 2.42 bits per heavy atom. The van der Waals surface area contributed by atoms with Crippen LogP contribution in [0, 0.1) is 32.4 Å². The molecule has 2 aromatic carbocycles. The molecule has 0 fully saturated rings. The van der Waals surface area contributed by atoms with E-state index in [0.717, 1.165) is 34.4 Å². The Hall–Kier alpha value is -2.48. The number of aliphatic carboxylic acids is 1. The molecule has 31 heavy (non-hydrogen) atoms. The van der Waals surface area contributed by atoms with Crippen LogP contribution in [-0.4, -0.2) is 22.7 Å². The van der Waals surface area contributed by atoms with E-state index < -0.39 is 24.2 Å². The maximum atomic E-state index is 13.6. The average Bonchev–Trinajstić information content (AvgIpc) is 2.70. The first-order chi connectivity index (χ1) is 14.2. The molecular weight excluding hydrogens is 415 g/mol. The van der Waals surface area contributed by atoms with E-state index >= 15 is 0 Å². The first-order valence-corrected chi connectivity index (χ1v) is 9.24. The number of carboxylic acid groups (broad SMARTS) is 1. The van der Waals surface area contributed by atoms with Crippen molar-refractivity contribution in [3.05, 3.63) is 76.0 Å². The van der Waals surface area contributed by atoms with Crippen molar-refractivity contribution in [3.63, 3.8) is 0 Å². The predicted molar refractivity (Wildman–Crippen MR) is 105 cm³/mol. The molecule has 0 aliphatic carbocycles. The van der Waals surface area contributed by atoms with Gasteiger partial charge in [0, 0.05) is 17.7 Å². The van der Waals surface area contributed by atoms with Crippen LogP contribution in [-0.2, 0) is 11.2 Å². The van der Waals surface area contributed by atoms with E-state index in [0.29, 0.717) is 17.9 Å². The van der Waals surface area contributed by atoms with Gasteiger partial charge in [-0.25, -0.2) is 13.8 Å². The summed E-state index contributed by atoms with van der Waals surface area (Å²) in [6.45, 7) is 5.08. The minimum atomic E-state index is -1.30. The summed E-state index contributed by atoms with van der Waals surface area (Å²) in [5.74, 6) is -2.96. The molecule has 0 amide bonds. The first-order valence-electron chi connectivity index (χ1n) is 9.24. The van der Waals surface area contributed by atoms with Crippen molar-refractivity contribution in [2.24, 2.45) is 0 Å². The van der Waals surface area contributed by atoms with Gasteiger partial charge >= 0.3 is 29.6 Å². The summed E-state index contributed by atoms with van der Waals surface area (Å²) < 4.78 is 32.1. The maximum absolute atomic E-state index is 13.6. The van der Waals surface area contributed by atoms with Gasteiger partial charge in [-0.05, 0) is 79.4 Å². The number of hydrogen-bond acceptors (Lipinski definition) is 5. The molecule has 0 radical (unpaired) electrons. The van der Waals surface area contributed by atoms with Crippen LogP contribution in [0.1, 0.15) is 27.9 Å². The largest absolute Gasteiger partial charge is 1.00 e. The van der Waals surface area contributed by atoms with Gasteiger partial charge in [0.1, 0.15) is 23.8 Å². The summed E-state index contributed by atoms with van der Waals surface area (Å²) in [6, 6.07) is 8.22. The number of benzene rings is 2. The number of aryl methyl sites for hydroxylation is 1. The van der Waals surface area contributed by atoms with Crippen LogP contribution in [0.4, 0.5) is 8.78 Å². The molecule has 0 aliphatic rings. The summed E-state index contributed by atoms with van der Waals surface area (Å²) in [6.07, 6.45) is 0.427. The molecule has 0 aliphatic heterocycles. The van der Waals surface area contributed by atoms with Crippen LogP contribution < -0.4 is 39.4 Å². The number of nitrogens with zero attached hydrogens (tertiary/aromatic N) is 1. The molecule has 1 N–H and O–H groups in total. The van der Waals surface area contributed by atoms with Crippen molar-refractivity contribution in [3.8, 4) is 22.8 Å². The number of hydrogen-bond donors (Lipinski definition) is 1. The molecule has 0 unspecified atom stereocenters. The third-order valence-corrected chi connectivity index (χ3v) is 5.04. The topological polar surface area (TPSA) is 82.5 Å². The third kappa shape index (κ3) is 5.61. The Morgan fingerprint density at radius 1 is 1.06 bits per heavy atom. The van der Waals surface area contributed by atoms with Crippen molar-refractivity contribution in [2.75, 3.05) is 6.61 Å². The summed E-state index contributed by atoms with van der Waals surface area (Å²) >= 11 is 0. The summed E-state index contributed by atoms with van der Waals surface area (Å²) in [7, 11) is 0. The molecule has 1 heterocycles. The number of pyridine rings is 1. The molecule has 0 saturated heterocycles. The van der Waals surface area contributed by atoms with Crippen molar-refractivity contribution < 1.29 is 58.1 Å². The molecule has 0 bridgehead atoms. The van der Waals surface area contributed by atoms with Crippen LogP contribution >= 0.6 is 0 Å². The molecule has 0 spiro atoms. The van der Waals surface area contributed by atoms with Gasteiger partial charge in [-0.15, -0.1) is 0 Å². The van der Waals surface area contributed by atoms with Gasteiger partial charge < -0.3 is 19.7 Å². The van der Waals surface area contributed by atoms with Gasteiger partial charge in [-0.2, -0.15) is 0 Å². The normalized spacial score (nSPS) is 10.5. The molecule has 0 saturated carbocycles. The molecule has 0 atom stereocenters. The fourth-order valence-electron chi connectivity index (χ4n) is 3.29. The van der Waals surface area contributed by atoms with Gasteiger partial charge in [-0.1, -0.05) is 0 Å². The summed E-state index contributed by atoms with van der Waals surface area (Å²) in [4.78, 5) is 15.1. The quantitative estimate of drug-likeness (QED) is 0.567. The zero-order chi connectivity index (χ0) is 22.0. The number of ether oxygens (including phenoxy) is 1.